The number of anilines is 1. The summed E-state index contributed by atoms with van der Waals surface area (Å²) in [5, 5.41) is 10.7. The largest absolute Gasteiger partial charge is 0.387 e. The van der Waals surface area contributed by atoms with Crippen LogP contribution in [0, 0.1) is 13.8 Å². The quantitative estimate of drug-likeness (QED) is 0.914. The molecule has 2 aliphatic rings. The van der Waals surface area contributed by atoms with Crippen LogP contribution in [0.4, 0.5) is 5.82 Å². The van der Waals surface area contributed by atoms with Crippen LogP contribution < -0.4 is 4.90 Å². The Balaban J connectivity index is 1.44. The summed E-state index contributed by atoms with van der Waals surface area (Å²) in [6.07, 6.45) is 0.583. The molecular formula is C19H24N4O. The third-order valence-electron chi connectivity index (χ3n) is 5.23. The number of nitrogens with zero attached hydrogens (tertiary/aromatic N) is 4. The number of benzene rings is 1. The second-order valence-electron chi connectivity index (χ2n) is 6.85. The monoisotopic (exact) mass is 324 g/mol. The minimum atomic E-state index is -0.365. The molecule has 1 N–H and O–H groups in total. The van der Waals surface area contributed by atoms with Gasteiger partial charge in [-0.3, -0.25) is 4.90 Å². The smallest absolute Gasteiger partial charge is 0.132 e. The van der Waals surface area contributed by atoms with E-state index >= 15 is 0 Å². The molecule has 4 rings (SSSR count). The zero-order valence-electron chi connectivity index (χ0n) is 14.3. The van der Waals surface area contributed by atoms with E-state index in [-0.39, 0.29) is 12.1 Å². The molecule has 1 aromatic heterocycles. The van der Waals surface area contributed by atoms with Gasteiger partial charge >= 0.3 is 0 Å². The highest BCUT2D eigenvalue weighted by Crippen LogP contribution is 2.34. The molecule has 2 unspecified atom stereocenters. The molecule has 0 spiro atoms. The van der Waals surface area contributed by atoms with Crippen LogP contribution >= 0.6 is 0 Å². The molecule has 5 nitrogen and oxygen atoms in total. The Hall–Kier alpha value is -1.98. The van der Waals surface area contributed by atoms with Gasteiger partial charge in [0.05, 0.1) is 6.10 Å². The standard InChI is InChI=1S/C19H24N4O/c1-13-11-18(21-14(2)20-13)23-9-7-22(8-10-23)17-12-15-5-3-4-6-16(15)19(17)24/h3-6,11,17,19,24H,7-10,12H2,1-2H3. The number of hydrogen-bond donors (Lipinski definition) is 1. The summed E-state index contributed by atoms with van der Waals surface area (Å²) < 4.78 is 0. The van der Waals surface area contributed by atoms with E-state index in [2.05, 4.69) is 44.0 Å². The van der Waals surface area contributed by atoms with E-state index in [1.165, 1.54) is 5.56 Å². The number of rotatable bonds is 2. The third-order valence-corrected chi connectivity index (χ3v) is 5.23. The second kappa shape index (κ2) is 6.15. The predicted octanol–water partition coefficient (Wildman–Crippen LogP) is 1.87. The van der Waals surface area contributed by atoms with Crippen LogP contribution in [-0.4, -0.2) is 52.2 Å². The molecular weight excluding hydrogens is 300 g/mol. The van der Waals surface area contributed by atoms with Gasteiger partial charge in [-0.1, -0.05) is 24.3 Å². The number of aromatic nitrogens is 2. The molecule has 5 heteroatoms. The van der Waals surface area contributed by atoms with Crippen LogP contribution in [-0.2, 0) is 6.42 Å². The lowest BCUT2D eigenvalue weighted by atomic mass is 10.1. The highest BCUT2D eigenvalue weighted by Gasteiger charge is 2.36. The van der Waals surface area contributed by atoms with Crippen LogP contribution in [0.5, 0.6) is 0 Å². The van der Waals surface area contributed by atoms with Gasteiger partial charge in [0, 0.05) is 44.0 Å². The van der Waals surface area contributed by atoms with Crippen molar-refractivity contribution in [3.05, 3.63) is 53.0 Å². The fourth-order valence-corrected chi connectivity index (χ4v) is 4.02. The van der Waals surface area contributed by atoms with Gasteiger partial charge in [0.2, 0.25) is 0 Å². The lowest BCUT2D eigenvalue weighted by Gasteiger charge is -2.39. The van der Waals surface area contributed by atoms with Gasteiger partial charge < -0.3 is 10.0 Å². The lowest BCUT2D eigenvalue weighted by molar-refractivity contribution is 0.0571. The summed E-state index contributed by atoms with van der Waals surface area (Å²) in [7, 11) is 0. The molecule has 1 aliphatic carbocycles. The molecule has 1 aromatic carbocycles. The Kier molecular flexibility index (Phi) is 3.98. The van der Waals surface area contributed by atoms with Crippen molar-refractivity contribution < 1.29 is 5.11 Å². The number of hydrogen-bond acceptors (Lipinski definition) is 5. The van der Waals surface area contributed by atoms with Gasteiger partial charge in [-0.15, -0.1) is 0 Å². The van der Waals surface area contributed by atoms with Gasteiger partial charge in [-0.2, -0.15) is 0 Å². The summed E-state index contributed by atoms with van der Waals surface area (Å²) in [4.78, 5) is 13.7. The minimum Gasteiger partial charge on any atom is -0.387 e. The van der Waals surface area contributed by atoms with Crippen LogP contribution in [0.1, 0.15) is 28.7 Å². The maximum Gasteiger partial charge on any atom is 0.132 e. The van der Waals surface area contributed by atoms with Gasteiger partial charge in [-0.25, -0.2) is 9.97 Å². The van der Waals surface area contributed by atoms with Crippen LogP contribution in [0.25, 0.3) is 0 Å². The first-order valence-corrected chi connectivity index (χ1v) is 8.69. The topological polar surface area (TPSA) is 52.5 Å². The van der Waals surface area contributed by atoms with Gasteiger partial charge in [0.25, 0.3) is 0 Å². The number of aryl methyl sites for hydroxylation is 2. The summed E-state index contributed by atoms with van der Waals surface area (Å²) in [6.45, 7) is 7.75. The predicted molar refractivity (Wildman–Crippen MR) is 94.2 cm³/mol. The molecule has 0 bridgehead atoms. The Labute approximate surface area is 143 Å². The fourth-order valence-electron chi connectivity index (χ4n) is 4.02. The molecule has 2 atom stereocenters. The van der Waals surface area contributed by atoms with E-state index in [1.807, 2.05) is 19.9 Å². The van der Waals surface area contributed by atoms with Gasteiger partial charge in [0.1, 0.15) is 11.6 Å². The van der Waals surface area contributed by atoms with E-state index < -0.39 is 0 Å². The average Bonchev–Trinajstić information content (AvgIpc) is 2.91. The van der Waals surface area contributed by atoms with Crippen molar-refractivity contribution in [2.75, 3.05) is 31.1 Å². The maximum atomic E-state index is 10.7. The summed E-state index contributed by atoms with van der Waals surface area (Å²) in [5.41, 5.74) is 3.41. The molecule has 24 heavy (non-hydrogen) atoms. The number of aliphatic hydroxyl groups is 1. The summed E-state index contributed by atoms with van der Waals surface area (Å²) in [5.74, 6) is 1.85. The van der Waals surface area contributed by atoms with E-state index in [0.717, 1.165) is 55.5 Å². The van der Waals surface area contributed by atoms with E-state index in [0.29, 0.717) is 0 Å². The van der Waals surface area contributed by atoms with Gasteiger partial charge in [0.15, 0.2) is 0 Å². The van der Waals surface area contributed by atoms with Crippen molar-refractivity contribution in [2.45, 2.75) is 32.4 Å². The Bertz CT molecular complexity index is 720. The van der Waals surface area contributed by atoms with Crippen molar-refractivity contribution in [1.29, 1.82) is 0 Å². The number of aliphatic hydroxyl groups excluding tert-OH is 1. The Morgan fingerprint density at radius 1 is 1.04 bits per heavy atom. The van der Waals surface area contributed by atoms with Crippen molar-refractivity contribution >= 4 is 5.82 Å². The molecule has 1 fully saturated rings. The highest BCUT2D eigenvalue weighted by atomic mass is 16.3. The fraction of sp³-hybridized carbons (Fsp3) is 0.474. The van der Waals surface area contributed by atoms with Crippen LogP contribution in [0.15, 0.2) is 30.3 Å². The van der Waals surface area contributed by atoms with E-state index in [4.69, 9.17) is 0 Å². The third kappa shape index (κ3) is 2.78. The first-order valence-electron chi connectivity index (χ1n) is 8.69. The van der Waals surface area contributed by atoms with Crippen molar-refractivity contribution in [1.82, 2.24) is 14.9 Å². The SMILES string of the molecule is Cc1cc(N2CCN(C3Cc4ccccc4C3O)CC2)nc(C)n1. The van der Waals surface area contributed by atoms with Gasteiger partial charge in [-0.05, 0) is 31.4 Å². The molecule has 2 heterocycles. The zero-order chi connectivity index (χ0) is 16.7. The molecule has 126 valence electrons. The number of fused-ring (bicyclic) bond motifs is 1. The van der Waals surface area contributed by atoms with Crippen molar-refractivity contribution in [3.63, 3.8) is 0 Å². The average molecular weight is 324 g/mol. The molecule has 0 amide bonds. The molecule has 0 saturated carbocycles. The first-order chi connectivity index (χ1) is 11.6. The number of piperazine rings is 1. The molecule has 1 aliphatic heterocycles. The Morgan fingerprint density at radius 3 is 2.50 bits per heavy atom. The molecule has 0 radical (unpaired) electrons. The normalized spacial score (nSPS) is 24.2. The lowest BCUT2D eigenvalue weighted by Crippen LogP contribution is -2.51. The van der Waals surface area contributed by atoms with E-state index in [1.54, 1.807) is 0 Å². The molecule has 1 saturated heterocycles. The second-order valence-corrected chi connectivity index (χ2v) is 6.85. The van der Waals surface area contributed by atoms with Crippen molar-refractivity contribution in [3.8, 4) is 0 Å². The highest BCUT2D eigenvalue weighted by molar-refractivity contribution is 5.41. The Morgan fingerprint density at radius 2 is 1.79 bits per heavy atom. The van der Waals surface area contributed by atoms with Crippen LogP contribution in [0.3, 0.4) is 0 Å². The zero-order valence-corrected chi connectivity index (χ0v) is 14.3. The minimum absolute atomic E-state index is 0.207. The first kappa shape index (κ1) is 15.5. The van der Waals surface area contributed by atoms with Crippen molar-refractivity contribution in [2.24, 2.45) is 0 Å². The van der Waals surface area contributed by atoms with E-state index in [9.17, 15) is 5.11 Å². The molecule has 2 aromatic rings. The van der Waals surface area contributed by atoms with Crippen LogP contribution in [0.2, 0.25) is 0 Å². The maximum absolute atomic E-state index is 10.7. The summed E-state index contributed by atoms with van der Waals surface area (Å²) in [6, 6.07) is 10.5. The summed E-state index contributed by atoms with van der Waals surface area (Å²) >= 11 is 0.